The molecule has 1 heterocycles. The van der Waals surface area contributed by atoms with Crippen LogP contribution in [0, 0.1) is 5.92 Å². The van der Waals surface area contributed by atoms with Crippen LogP contribution in [0.15, 0.2) is 0 Å². The van der Waals surface area contributed by atoms with E-state index in [9.17, 15) is 4.79 Å². The lowest BCUT2D eigenvalue weighted by Gasteiger charge is -2.18. The Kier molecular flexibility index (Phi) is 5.60. The third-order valence-corrected chi connectivity index (χ3v) is 2.72. The van der Waals surface area contributed by atoms with Gasteiger partial charge in [-0.15, -0.1) is 0 Å². The zero-order valence-corrected chi connectivity index (χ0v) is 10.3. The second-order valence-corrected chi connectivity index (χ2v) is 4.93. The molecule has 0 bridgehead atoms. The van der Waals surface area contributed by atoms with E-state index in [1.54, 1.807) is 0 Å². The van der Waals surface area contributed by atoms with Gasteiger partial charge in [-0.05, 0) is 31.6 Å². The maximum absolute atomic E-state index is 10.7. The van der Waals surface area contributed by atoms with Crippen molar-refractivity contribution in [2.75, 3.05) is 6.61 Å². The highest BCUT2D eigenvalue weighted by Gasteiger charge is 2.21. The molecule has 0 aromatic heterocycles. The highest BCUT2D eigenvalue weighted by molar-refractivity contribution is 5.64. The molecule has 0 aromatic rings. The summed E-state index contributed by atoms with van der Waals surface area (Å²) in [5.41, 5.74) is 5.05. The number of rotatable bonds is 8. The number of carbonyl (C=O) groups excluding carboxylic acids is 1. The number of hydrogen-bond donors (Lipinski definition) is 1. The van der Waals surface area contributed by atoms with Gasteiger partial charge < -0.3 is 15.2 Å². The van der Waals surface area contributed by atoms with Crippen molar-refractivity contribution in [3.05, 3.63) is 0 Å². The minimum Gasteiger partial charge on any atom is -0.446 e. The van der Waals surface area contributed by atoms with Gasteiger partial charge in [0.15, 0.2) is 0 Å². The van der Waals surface area contributed by atoms with Crippen LogP contribution in [0.2, 0.25) is 0 Å². The van der Waals surface area contributed by atoms with Gasteiger partial charge in [-0.3, -0.25) is 0 Å². The Balaban J connectivity index is 2.11. The minimum atomic E-state index is -0.656. The van der Waals surface area contributed by atoms with Crippen molar-refractivity contribution in [2.45, 2.75) is 58.2 Å². The van der Waals surface area contributed by atoms with Crippen LogP contribution in [-0.4, -0.2) is 24.9 Å². The topological polar surface area (TPSA) is 64.8 Å². The summed E-state index contributed by atoms with van der Waals surface area (Å²) < 4.78 is 10.2. The molecule has 1 amide bonds. The van der Waals surface area contributed by atoms with E-state index in [1.807, 2.05) is 0 Å². The molecule has 0 spiro atoms. The van der Waals surface area contributed by atoms with E-state index < -0.39 is 6.09 Å². The molecule has 0 aliphatic carbocycles. The second kappa shape index (κ2) is 6.74. The summed E-state index contributed by atoms with van der Waals surface area (Å²) in [6.07, 6.45) is 4.97. The van der Waals surface area contributed by atoms with E-state index >= 15 is 0 Å². The predicted molar refractivity (Wildman–Crippen MR) is 62.1 cm³/mol. The lowest BCUT2D eigenvalue weighted by Crippen LogP contribution is -2.24. The van der Waals surface area contributed by atoms with E-state index in [2.05, 4.69) is 13.8 Å². The lowest BCUT2D eigenvalue weighted by molar-refractivity contribution is 0.0861. The molecule has 94 valence electrons. The quantitative estimate of drug-likeness (QED) is 0.513. The molecule has 1 fully saturated rings. The van der Waals surface area contributed by atoms with Crippen molar-refractivity contribution >= 4 is 6.09 Å². The van der Waals surface area contributed by atoms with Crippen LogP contribution < -0.4 is 5.73 Å². The Morgan fingerprint density at radius 2 is 2.19 bits per heavy atom. The lowest BCUT2D eigenvalue weighted by atomic mass is 10.0. The maximum Gasteiger partial charge on any atom is 0.404 e. The molecular formula is C12H23NO3. The zero-order valence-electron chi connectivity index (χ0n) is 10.3. The summed E-state index contributed by atoms with van der Waals surface area (Å²) >= 11 is 0. The largest absolute Gasteiger partial charge is 0.446 e. The highest BCUT2D eigenvalue weighted by Crippen LogP contribution is 2.20. The molecule has 4 nitrogen and oxygen atoms in total. The third-order valence-electron chi connectivity index (χ3n) is 2.72. The summed E-state index contributed by atoms with van der Waals surface area (Å²) in [5, 5.41) is 0. The summed E-state index contributed by atoms with van der Waals surface area (Å²) in [4.78, 5) is 10.7. The van der Waals surface area contributed by atoms with Gasteiger partial charge in [-0.25, -0.2) is 4.79 Å². The zero-order chi connectivity index (χ0) is 12.0. The number of ether oxygens (including phenoxy) is 2. The van der Waals surface area contributed by atoms with Crippen LogP contribution in [0.4, 0.5) is 4.79 Å². The fourth-order valence-corrected chi connectivity index (χ4v) is 1.89. The second-order valence-electron chi connectivity index (χ2n) is 4.93. The van der Waals surface area contributed by atoms with Crippen molar-refractivity contribution in [3.8, 4) is 0 Å². The number of epoxide rings is 1. The molecule has 1 aliphatic rings. The van der Waals surface area contributed by atoms with Crippen LogP contribution in [0.25, 0.3) is 0 Å². The molecule has 16 heavy (non-hydrogen) atoms. The molecule has 2 N–H and O–H groups in total. The van der Waals surface area contributed by atoms with Crippen LogP contribution in [0.3, 0.4) is 0 Å². The standard InChI is InChI=1S/C12H23NO3/c1-9(2)7-10(16-12(13)14)5-3-4-6-11-8-15-11/h9-11H,3-8H2,1-2H3,(H2,13,14). The van der Waals surface area contributed by atoms with Crippen LogP contribution >= 0.6 is 0 Å². The van der Waals surface area contributed by atoms with E-state index in [0.717, 1.165) is 38.7 Å². The van der Waals surface area contributed by atoms with Gasteiger partial charge in [0, 0.05) is 0 Å². The van der Waals surface area contributed by atoms with Crippen LogP contribution in [0.1, 0.15) is 46.0 Å². The Morgan fingerprint density at radius 3 is 2.69 bits per heavy atom. The molecular weight excluding hydrogens is 206 g/mol. The van der Waals surface area contributed by atoms with E-state index in [-0.39, 0.29) is 6.10 Å². The summed E-state index contributed by atoms with van der Waals surface area (Å²) in [6, 6.07) is 0. The first-order valence-corrected chi connectivity index (χ1v) is 6.15. The van der Waals surface area contributed by atoms with Gasteiger partial charge in [0.2, 0.25) is 0 Å². The van der Waals surface area contributed by atoms with Gasteiger partial charge in [0.1, 0.15) is 6.10 Å². The molecule has 1 aliphatic heterocycles. The number of carbonyl (C=O) groups is 1. The van der Waals surface area contributed by atoms with Gasteiger partial charge in [-0.1, -0.05) is 20.3 Å². The molecule has 0 radical (unpaired) electrons. The number of nitrogens with two attached hydrogens (primary N) is 1. The summed E-state index contributed by atoms with van der Waals surface area (Å²) in [6.45, 7) is 5.16. The predicted octanol–water partition coefficient (Wildman–Crippen LogP) is 2.46. The van der Waals surface area contributed by atoms with Crippen LogP contribution in [-0.2, 0) is 9.47 Å². The monoisotopic (exact) mass is 229 g/mol. The molecule has 2 atom stereocenters. The van der Waals surface area contributed by atoms with Gasteiger partial charge >= 0.3 is 6.09 Å². The first kappa shape index (κ1) is 13.3. The number of primary amides is 1. The average Bonchev–Trinajstić information content (AvgIpc) is 2.93. The SMILES string of the molecule is CC(C)CC(CCCCC1CO1)OC(N)=O. The van der Waals surface area contributed by atoms with Gasteiger partial charge in [0.05, 0.1) is 12.7 Å². The Hall–Kier alpha value is -0.770. The van der Waals surface area contributed by atoms with Crippen molar-refractivity contribution in [2.24, 2.45) is 11.7 Å². The first-order valence-electron chi connectivity index (χ1n) is 6.15. The fourth-order valence-electron chi connectivity index (χ4n) is 1.89. The minimum absolute atomic E-state index is 0.0161. The number of hydrogen-bond acceptors (Lipinski definition) is 3. The first-order chi connectivity index (χ1) is 7.58. The van der Waals surface area contributed by atoms with Crippen molar-refractivity contribution in [1.29, 1.82) is 0 Å². The van der Waals surface area contributed by atoms with Crippen LogP contribution in [0.5, 0.6) is 0 Å². The smallest absolute Gasteiger partial charge is 0.404 e. The van der Waals surface area contributed by atoms with Crippen molar-refractivity contribution in [1.82, 2.24) is 0 Å². The summed E-state index contributed by atoms with van der Waals surface area (Å²) in [5.74, 6) is 0.524. The third kappa shape index (κ3) is 6.67. The van der Waals surface area contributed by atoms with E-state index in [4.69, 9.17) is 15.2 Å². The van der Waals surface area contributed by atoms with Gasteiger partial charge in [0.25, 0.3) is 0 Å². The number of unbranched alkanes of at least 4 members (excludes halogenated alkanes) is 1. The normalized spacial score (nSPS) is 20.8. The van der Waals surface area contributed by atoms with E-state index in [1.165, 1.54) is 0 Å². The molecule has 1 rings (SSSR count). The highest BCUT2D eigenvalue weighted by atomic mass is 16.6. The molecule has 0 aromatic carbocycles. The Labute approximate surface area is 97.5 Å². The number of amides is 1. The maximum atomic E-state index is 10.7. The molecule has 0 saturated carbocycles. The van der Waals surface area contributed by atoms with Crippen molar-refractivity contribution in [3.63, 3.8) is 0 Å². The average molecular weight is 229 g/mol. The molecule has 2 unspecified atom stereocenters. The van der Waals surface area contributed by atoms with E-state index in [0.29, 0.717) is 12.0 Å². The Morgan fingerprint density at radius 1 is 1.50 bits per heavy atom. The van der Waals surface area contributed by atoms with Gasteiger partial charge in [-0.2, -0.15) is 0 Å². The molecule has 1 saturated heterocycles. The molecule has 4 heteroatoms. The summed E-state index contributed by atoms with van der Waals surface area (Å²) in [7, 11) is 0. The fraction of sp³-hybridized carbons (Fsp3) is 0.917. The van der Waals surface area contributed by atoms with Crippen molar-refractivity contribution < 1.29 is 14.3 Å². The Bertz CT molecular complexity index is 214.